The quantitative estimate of drug-likeness (QED) is 0.798. The Morgan fingerprint density at radius 1 is 1.00 bits per heavy atom. The van der Waals surface area contributed by atoms with Crippen molar-refractivity contribution in [2.45, 2.75) is 27.4 Å². The minimum atomic E-state index is 0.359. The van der Waals surface area contributed by atoms with Crippen LogP contribution in [0.25, 0.3) is 11.3 Å². The van der Waals surface area contributed by atoms with Crippen molar-refractivity contribution in [3.63, 3.8) is 0 Å². The Balaban J connectivity index is 2.55. The van der Waals surface area contributed by atoms with E-state index in [2.05, 4.69) is 42.9 Å². The van der Waals surface area contributed by atoms with Gasteiger partial charge in [-0.25, -0.2) is 9.97 Å². The first kappa shape index (κ1) is 14.0. The van der Waals surface area contributed by atoms with Gasteiger partial charge in [-0.1, -0.05) is 17.7 Å². The Bertz CT molecular complexity index is 611. The van der Waals surface area contributed by atoms with Crippen molar-refractivity contribution in [2.75, 3.05) is 7.11 Å². The van der Waals surface area contributed by atoms with E-state index in [1.54, 1.807) is 13.2 Å². The number of ether oxygens (including phenoxy) is 1. The van der Waals surface area contributed by atoms with Crippen LogP contribution in [-0.4, -0.2) is 17.1 Å². The molecule has 0 saturated heterocycles. The number of aryl methyl sites for hydroxylation is 3. The van der Waals surface area contributed by atoms with Gasteiger partial charge >= 0.3 is 0 Å². The summed E-state index contributed by atoms with van der Waals surface area (Å²) in [7, 11) is 1.62. The number of aromatic nitrogens is 2. The summed E-state index contributed by atoms with van der Waals surface area (Å²) in [5.74, 6) is 0.600. The van der Waals surface area contributed by atoms with Crippen molar-refractivity contribution in [3.8, 4) is 11.3 Å². The van der Waals surface area contributed by atoms with Gasteiger partial charge in [-0.2, -0.15) is 0 Å². The minimum Gasteiger partial charge on any atom is -0.377 e. The first-order valence-corrected chi connectivity index (χ1v) is 6.49. The van der Waals surface area contributed by atoms with Gasteiger partial charge in [0.2, 0.25) is 0 Å². The normalized spacial score (nSPS) is 10.8. The van der Waals surface area contributed by atoms with Gasteiger partial charge < -0.3 is 4.74 Å². The molecule has 0 bridgehead atoms. The Hall–Kier alpha value is -1.45. The smallest absolute Gasteiger partial charge is 0.156 e. The maximum absolute atomic E-state index is 6.05. The van der Waals surface area contributed by atoms with Crippen molar-refractivity contribution < 1.29 is 4.74 Å². The highest BCUT2D eigenvalue weighted by molar-refractivity contribution is 6.29. The van der Waals surface area contributed by atoms with E-state index >= 15 is 0 Å². The molecule has 0 saturated carbocycles. The fourth-order valence-corrected chi connectivity index (χ4v) is 2.23. The Labute approximate surface area is 118 Å². The van der Waals surface area contributed by atoms with Crippen LogP contribution in [0.2, 0.25) is 5.15 Å². The molecule has 0 aliphatic carbocycles. The average Bonchev–Trinajstić information content (AvgIpc) is 2.33. The number of methoxy groups -OCH3 is 1. The van der Waals surface area contributed by atoms with E-state index in [4.69, 9.17) is 16.3 Å². The highest BCUT2D eigenvalue weighted by Crippen LogP contribution is 2.26. The first-order valence-electron chi connectivity index (χ1n) is 6.12. The second-order valence-electron chi connectivity index (χ2n) is 4.68. The molecule has 0 unspecified atom stereocenters. The molecule has 0 aliphatic rings. The molecular weight excluding hydrogens is 260 g/mol. The summed E-state index contributed by atoms with van der Waals surface area (Å²) in [4.78, 5) is 8.65. The molecule has 0 aliphatic heterocycles. The molecule has 0 atom stereocenters. The van der Waals surface area contributed by atoms with Crippen LogP contribution < -0.4 is 0 Å². The highest BCUT2D eigenvalue weighted by atomic mass is 35.5. The molecule has 0 radical (unpaired) electrons. The fraction of sp³-hybridized carbons (Fsp3) is 0.333. The van der Waals surface area contributed by atoms with Crippen LogP contribution in [0.5, 0.6) is 0 Å². The van der Waals surface area contributed by atoms with E-state index in [-0.39, 0.29) is 0 Å². The van der Waals surface area contributed by atoms with Crippen molar-refractivity contribution in [3.05, 3.63) is 45.9 Å². The maximum atomic E-state index is 6.05. The lowest BCUT2D eigenvalue weighted by Gasteiger charge is -2.10. The molecule has 1 heterocycles. The third-order valence-corrected chi connectivity index (χ3v) is 3.32. The number of rotatable bonds is 3. The molecule has 0 spiro atoms. The summed E-state index contributed by atoms with van der Waals surface area (Å²) >= 11 is 6.05. The summed E-state index contributed by atoms with van der Waals surface area (Å²) in [6, 6.07) is 6.09. The van der Waals surface area contributed by atoms with Gasteiger partial charge in [0, 0.05) is 18.7 Å². The van der Waals surface area contributed by atoms with Crippen LogP contribution in [0.3, 0.4) is 0 Å². The van der Waals surface area contributed by atoms with Crippen LogP contribution >= 0.6 is 11.6 Å². The molecule has 1 aromatic carbocycles. The Morgan fingerprint density at radius 3 is 2.37 bits per heavy atom. The van der Waals surface area contributed by atoms with Crippen molar-refractivity contribution in [1.82, 2.24) is 9.97 Å². The largest absolute Gasteiger partial charge is 0.377 e. The van der Waals surface area contributed by atoms with E-state index in [0.29, 0.717) is 17.6 Å². The minimum absolute atomic E-state index is 0.359. The zero-order valence-electron chi connectivity index (χ0n) is 11.6. The summed E-state index contributed by atoms with van der Waals surface area (Å²) in [6.45, 7) is 6.64. The summed E-state index contributed by atoms with van der Waals surface area (Å²) in [6.07, 6.45) is 0. The topological polar surface area (TPSA) is 35.0 Å². The third kappa shape index (κ3) is 3.11. The van der Waals surface area contributed by atoms with E-state index in [1.807, 2.05) is 0 Å². The standard InChI is InChI=1S/C15H17ClN2O/c1-9-5-11(3)12(6-10(9)2)13-7-14(16)18-15(17-13)8-19-4/h5-7H,8H2,1-4H3. The highest BCUT2D eigenvalue weighted by Gasteiger charge is 2.09. The number of benzene rings is 1. The van der Waals surface area contributed by atoms with Crippen LogP contribution in [0, 0.1) is 20.8 Å². The summed E-state index contributed by atoms with van der Waals surface area (Å²) < 4.78 is 5.06. The molecule has 3 nitrogen and oxygen atoms in total. The Morgan fingerprint density at radius 2 is 1.68 bits per heavy atom. The van der Waals surface area contributed by atoms with E-state index < -0.39 is 0 Å². The summed E-state index contributed by atoms with van der Waals surface area (Å²) in [5.41, 5.74) is 5.63. The number of hydrogen-bond donors (Lipinski definition) is 0. The monoisotopic (exact) mass is 276 g/mol. The van der Waals surface area contributed by atoms with Crippen LogP contribution in [0.4, 0.5) is 0 Å². The van der Waals surface area contributed by atoms with Gasteiger partial charge in [0.05, 0.1) is 5.69 Å². The van der Waals surface area contributed by atoms with Gasteiger partial charge in [-0.3, -0.25) is 0 Å². The van der Waals surface area contributed by atoms with Gasteiger partial charge in [-0.05, 0) is 43.5 Å². The van der Waals surface area contributed by atoms with Gasteiger partial charge in [-0.15, -0.1) is 0 Å². The Kier molecular flexibility index (Phi) is 4.17. The molecule has 19 heavy (non-hydrogen) atoms. The van der Waals surface area contributed by atoms with Crippen LogP contribution in [0.15, 0.2) is 18.2 Å². The lowest BCUT2D eigenvalue weighted by molar-refractivity contribution is 0.178. The van der Waals surface area contributed by atoms with Crippen molar-refractivity contribution in [1.29, 1.82) is 0 Å². The van der Waals surface area contributed by atoms with Gasteiger partial charge in [0.15, 0.2) is 5.82 Å². The molecule has 100 valence electrons. The average molecular weight is 277 g/mol. The molecular formula is C15H17ClN2O. The molecule has 4 heteroatoms. The maximum Gasteiger partial charge on any atom is 0.156 e. The predicted octanol–water partition coefficient (Wildman–Crippen LogP) is 3.87. The molecule has 0 amide bonds. The zero-order chi connectivity index (χ0) is 14.0. The fourth-order valence-electron chi connectivity index (χ4n) is 2.03. The summed E-state index contributed by atoms with van der Waals surface area (Å²) in [5, 5.41) is 0.440. The first-order chi connectivity index (χ1) is 9.01. The number of nitrogens with zero attached hydrogens (tertiary/aromatic N) is 2. The third-order valence-electron chi connectivity index (χ3n) is 3.13. The van der Waals surface area contributed by atoms with Crippen LogP contribution in [-0.2, 0) is 11.3 Å². The van der Waals surface area contributed by atoms with E-state index in [9.17, 15) is 0 Å². The lowest BCUT2D eigenvalue weighted by atomic mass is 9.99. The molecule has 2 aromatic rings. The van der Waals surface area contributed by atoms with Crippen LogP contribution in [0.1, 0.15) is 22.5 Å². The second kappa shape index (κ2) is 5.68. The van der Waals surface area contributed by atoms with Crippen molar-refractivity contribution in [2.24, 2.45) is 0 Å². The zero-order valence-corrected chi connectivity index (χ0v) is 12.4. The molecule has 0 fully saturated rings. The van der Waals surface area contributed by atoms with Crippen molar-refractivity contribution >= 4 is 11.6 Å². The SMILES string of the molecule is COCc1nc(Cl)cc(-c2cc(C)c(C)cc2C)n1. The molecule has 1 aromatic heterocycles. The number of halogens is 1. The lowest BCUT2D eigenvalue weighted by Crippen LogP contribution is -2.00. The molecule has 0 N–H and O–H groups in total. The van der Waals surface area contributed by atoms with E-state index in [1.165, 1.54) is 16.7 Å². The van der Waals surface area contributed by atoms with E-state index in [0.717, 1.165) is 11.3 Å². The number of hydrogen-bond acceptors (Lipinski definition) is 3. The van der Waals surface area contributed by atoms with Gasteiger partial charge in [0.1, 0.15) is 11.8 Å². The van der Waals surface area contributed by atoms with Gasteiger partial charge in [0.25, 0.3) is 0 Å². The predicted molar refractivity (Wildman–Crippen MR) is 77.4 cm³/mol. The second-order valence-corrected chi connectivity index (χ2v) is 5.06. The molecule has 2 rings (SSSR count).